The summed E-state index contributed by atoms with van der Waals surface area (Å²) in [5.41, 5.74) is 0.928. The number of halogens is 1. The van der Waals surface area contributed by atoms with Gasteiger partial charge in [-0.25, -0.2) is 8.42 Å². The van der Waals surface area contributed by atoms with Crippen LogP contribution < -0.4 is 14.4 Å². The van der Waals surface area contributed by atoms with Crippen molar-refractivity contribution in [1.29, 1.82) is 0 Å². The molecule has 2 amide bonds. The van der Waals surface area contributed by atoms with Crippen LogP contribution in [0.25, 0.3) is 0 Å². The van der Waals surface area contributed by atoms with Gasteiger partial charge in [0.2, 0.25) is 11.8 Å². The molecule has 0 spiro atoms. The minimum atomic E-state index is -4.16. The van der Waals surface area contributed by atoms with E-state index in [1.165, 1.54) is 28.8 Å². The lowest BCUT2D eigenvalue weighted by atomic mass is 10.1. The van der Waals surface area contributed by atoms with E-state index in [9.17, 15) is 18.0 Å². The van der Waals surface area contributed by atoms with Crippen molar-refractivity contribution in [3.05, 3.63) is 83.4 Å². The Kier molecular flexibility index (Phi) is 11.9. The second-order valence-corrected chi connectivity index (χ2v) is 12.3. The molecule has 1 unspecified atom stereocenters. The average Bonchev–Trinajstić information content (AvgIpc) is 2.98. The lowest BCUT2D eigenvalue weighted by molar-refractivity contribution is -0.139. The van der Waals surface area contributed by atoms with Crippen LogP contribution in [-0.4, -0.2) is 57.1 Å². The summed E-state index contributed by atoms with van der Waals surface area (Å²) in [5.74, 6) is -0.316. The number of rotatable bonds is 14. The molecule has 0 aliphatic rings. The molecule has 0 saturated carbocycles. The lowest BCUT2D eigenvalue weighted by Gasteiger charge is -2.32. The monoisotopic (exact) mass is 617 g/mol. The van der Waals surface area contributed by atoms with Crippen LogP contribution in [0.2, 0.25) is 5.02 Å². The van der Waals surface area contributed by atoms with E-state index in [-0.39, 0.29) is 23.0 Å². The van der Waals surface area contributed by atoms with Crippen LogP contribution in [0.15, 0.2) is 82.6 Å². The summed E-state index contributed by atoms with van der Waals surface area (Å²) >= 11 is 7.90. The highest BCUT2D eigenvalue weighted by molar-refractivity contribution is 7.98. The summed E-state index contributed by atoms with van der Waals surface area (Å²) in [6.45, 7) is 5.81. The average molecular weight is 618 g/mol. The van der Waals surface area contributed by atoms with Crippen LogP contribution in [0.5, 0.6) is 5.75 Å². The summed E-state index contributed by atoms with van der Waals surface area (Å²) in [4.78, 5) is 29.3. The van der Waals surface area contributed by atoms with Crippen molar-refractivity contribution in [2.24, 2.45) is 0 Å². The number of benzene rings is 3. The normalized spacial score (nSPS) is 11.9. The Morgan fingerprint density at radius 3 is 2.24 bits per heavy atom. The number of hydrogen-bond acceptors (Lipinski definition) is 6. The molecule has 0 aliphatic heterocycles. The zero-order chi connectivity index (χ0) is 30.0. The van der Waals surface area contributed by atoms with Crippen LogP contribution in [0.4, 0.5) is 5.69 Å². The minimum absolute atomic E-state index is 0.0266. The first-order valence-electron chi connectivity index (χ1n) is 13.3. The standard InChI is InChI=1S/C30H36ClN3O5S2/c1-5-19-32-30(36)22(3)33(20-23-9-7-8-10-28(23)31)29(35)21-34(24-11-13-25(14-12-24)39-6-2)41(37,38)27-17-15-26(40-4)16-18-27/h7-18,22H,5-6,19-21H2,1-4H3,(H,32,36). The van der Waals surface area contributed by atoms with Crippen LogP contribution >= 0.6 is 23.4 Å². The van der Waals surface area contributed by atoms with Gasteiger partial charge in [-0.2, -0.15) is 0 Å². The van der Waals surface area contributed by atoms with E-state index in [4.69, 9.17) is 16.3 Å². The Bertz CT molecular complexity index is 1420. The number of amides is 2. The van der Waals surface area contributed by atoms with Gasteiger partial charge in [0, 0.05) is 23.0 Å². The Labute approximate surface area is 252 Å². The maximum Gasteiger partial charge on any atom is 0.264 e. The highest BCUT2D eigenvalue weighted by Crippen LogP contribution is 2.28. The molecule has 3 aromatic rings. The first-order valence-corrected chi connectivity index (χ1v) is 16.4. The van der Waals surface area contributed by atoms with E-state index in [1.807, 2.05) is 20.1 Å². The van der Waals surface area contributed by atoms with E-state index < -0.39 is 28.5 Å². The zero-order valence-corrected chi connectivity index (χ0v) is 26.1. The van der Waals surface area contributed by atoms with Gasteiger partial charge in [0.05, 0.1) is 17.2 Å². The molecule has 0 radical (unpaired) electrons. The third-order valence-corrected chi connectivity index (χ3v) is 9.28. The van der Waals surface area contributed by atoms with Gasteiger partial charge in [0.1, 0.15) is 18.3 Å². The summed E-state index contributed by atoms with van der Waals surface area (Å²) in [7, 11) is -4.16. The second kappa shape index (κ2) is 15.1. The number of sulfonamides is 1. The topological polar surface area (TPSA) is 96.0 Å². The van der Waals surface area contributed by atoms with Gasteiger partial charge in [-0.05, 0) is 86.7 Å². The molecule has 1 atom stereocenters. The van der Waals surface area contributed by atoms with Gasteiger partial charge < -0.3 is 15.0 Å². The first-order chi connectivity index (χ1) is 19.6. The molecule has 3 aromatic carbocycles. The van der Waals surface area contributed by atoms with E-state index in [1.54, 1.807) is 67.6 Å². The number of anilines is 1. The third kappa shape index (κ3) is 8.40. The smallest absolute Gasteiger partial charge is 0.264 e. The van der Waals surface area contributed by atoms with Gasteiger partial charge in [0.25, 0.3) is 10.0 Å². The van der Waals surface area contributed by atoms with Crippen molar-refractivity contribution in [1.82, 2.24) is 10.2 Å². The fraction of sp³-hybridized carbons (Fsp3) is 0.333. The number of carbonyl (C=O) groups excluding carboxylic acids is 2. The lowest BCUT2D eigenvalue weighted by Crippen LogP contribution is -2.51. The van der Waals surface area contributed by atoms with Gasteiger partial charge >= 0.3 is 0 Å². The van der Waals surface area contributed by atoms with Gasteiger partial charge in [0.15, 0.2) is 0 Å². The summed E-state index contributed by atoms with van der Waals surface area (Å²) in [6.07, 6.45) is 2.63. The number of thioether (sulfide) groups is 1. The van der Waals surface area contributed by atoms with Crippen molar-refractivity contribution in [2.75, 3.05) is 30.3 Å². The quantitative estimate of drug-likeness (QED) is 0.237. The first kappa shape index (κ1) is 32.3. The molecule has 11 heteroatoms. The van der Waals surface area contributed by atoms with Gasteiger partial charge in [-0.3, -0.25) is 13.9 Å². The SMILES string of the molecule is CCCNC(=O)C(C)N(Cc1ccccc1Cl)C(=O)CN(c1ccc(OCC)cc1)S(=O)(=O)c1ccc(SC)cc1. The summed E-state index contributed by atoms with van der Waals surface area (Å²) in [6, 6.07) is 19.2. The molecular formula is C30H36ClN3O5S2. The van der Waals surface area contributed by atoms with Crippen molar-refractivity contribution in [3.63, 3.8) is 0 Å². The molecule has 0 fully saturated rings. The van der Waals surface area contributed by atoms with E-state index in [0.29, 0.717) is 29.5 Å². The Balaban J connectivity index is 2.03. The molecule has 0 heterocycles. The number of hydrogen-bond donors (Lipinski definition) is 1. The predicted octanol–water partition coefficient (Wildman–Crippen LogP) is 5.60. The Morgan fingerprint density at radius 2 is 1.66 bits per heavy atom. The molecule has 0 aromatic heterocycles. The van der Waals surface area contributed by atoms with Crippen molar-refractivity contribution in [3.8, 4) is 5.75 Å². The molecule has 0 bridgehead atoms. The molecular weight excluding hydrogens is 582 g/mol. The Hall–Kier alpha value is -3.21. The fourth-order valence-electron chi connectivity index (χ4n) is 4.07. The zero-order valence-electron chi connectivity index (χ0n) is 23.7. The Morgan fingerprint density at radius 1 is 1.00 bits per heavy atom. The highest BCUT2D eigenvalue weighted by Gasteiger charge is 2.32. The fourth-order valence-corrected chi connectivity index (χ4v) is 6.09. The molecule has 220 valence electrons. The largest absolute Gasteiger partial charge is 0.494 e. The predicted molar refractivity (Wildman–Crippen MR) is 165 cm³/mol. The molecule has 3 rings (SSSR count). The minimum Gasteiger partial charge on any atom is -0.494 e. The number of carbonyl (C=O) groups is 2. The van der Waals surface area contributed by atoms with Crippen LogP contribution in [0, 0.1) is 0 Å². The number of ether oxygens (including phenoxy) is 1. The van der Waals surface area contributed by atoms with Crippen molar-refractivity contribution in [2.45, 2.75) is 49.6 Å². The van der Waals surface area contributed by atoms with Crippen molar-refractivity contribution >= 4 is 50.9 Å². The number of nitrogens with zero attached hydrogens (tertiary/aromatic N) is 2. The van der Waals surface area contributed by atoms with Crippen LogP contribution in [0.3, 0.4) is 0 Å². The molecule has 0 aliphatic carbocycles. The molecule has 8 nitrogen and oxygen atoms in total. The van der Waals surface area contributed by atoms with Crippen LogP contribution in [0.1, 0.15) is 32.8 Å². The van der Waals surface area contributed by atoms with Crippen molar-refractivity contribution < 1.29 is 22.7 Å². The molecule has 1 N–H and O–H groups in total. The number of nitrogens with one attached hydrogen (secondary N) is 1. The highest BCUT2D eigenvalue weighted by atomic mass is 35.5. The maximum atomic E-state index is 14.0. The summed E-state index contributed by atoms with van der Waals surface area (Å²) in [5, 5.41) is 3.27. The second-order valence-electron chi connectivity index (χ2n) is 9.19. The third-order valence-electron chi connectivity index (χ3n) is 6.38. The maximum absolute atomic E-state index is 14.0. The van der Waals surface area contributed by atoms with E-state index in [2.05, 4.69) is 5.32 Å². The van der Waals surface area contributed by atoms with Crippen LogP contribution in [-0.2, 0) is 26.2 Å². The van der Waals surface area contributed by atoms with E-state index in [0.717, 1.165) is 15.6 Å². The molecule has 0 saturated heterocycles. The summed E-state index contributed by atoms with van der Waals surface area (Å²) < 4.78 is 34.5. The van der Waals surface area contributed by atoms with Gasteiger partial charge in [-0.1, -0.05) is 36.7 Å². The van der Waals surface area contributed by atoms with Gasteiger partial charge in [-0.15, -0.1) is 11.8 Å². The van der Waals surface area contributed by atoms with E-state index >= 15 is 0 Å². The molecule has 41 heavy (non-hydrogen) atoms.